The average Bonchev–Trinajstić information content (AvgIpc) is 3.65. The van der Waals surface area contributed by atoms with Crippen LogP contribution in [0.2, 0.25) is 36.3 Å². The summed E-state index contributed by atoms with van der Waals surface area (Å²) in [5, 5.41) is 11.1. The van der Waals surface area contributed by atoms with Gasteiger partial charge in [0.05, 0.1) is 23.9 Å². The molecule has 0 saturated heterocycles. The van der Waals surface area contributed by atoms with Crippen LogP contribution in [0, 0.1) is 29.1 Å². The van der Waals surface area contributed by atoms with E-state index in [0.29, 0.717) is 17.8 Å². The molecule has 0 radical (unpaired) electrons. The van der Waals surface area contributed by atoms with Crippen molar-refractivity contribution >= 4 is 16.6 Å². The van der Waals surface area contributed by atoms with E-state index in [2.05, 4.69) is 108 Å². The Hall–Kier alpha value is -0.246. The van der Waals surface area contributed by atoms with Gasteiger partial charge in [0, 0.05) is 12.0 Å². The quantitative estimate of drug-likeness (QED) is 0.153. The fraction of sp³-hybridized carbons (Fsp3) is 0.905. The van der Waals surface area contributed by atoms with Crippen LogP contribution in [0.1, 0.15) is 146 Å². The number of rotatable bonds is 13. The van der Waals surface area contributed by atoms with Crippen LogP contribution in [-0.4, -0.2) is 52.3 Å². The van der Waals surface area contributed by atoms with Gasteiger partial charge in [-0.1, -0.05) is 85.6 Å². The van der Waals surface area contributed by atoms with E-state index in [1.807, 2.05) is 0 Å². The van der Waals surface area contributed by atoms with Gasteiger partial charge in [0.1, 0.15) is 0 Å². The van der Waals surface area contributed by atoms with Gasteiger partial charge < -0.3 is 18.7 Å². The van der Waals surface area contributed by atoms with Gasteiger partial charge >= 0.3 is 0 Å². The maximum Gasteiger partial charge on any atom is 0.192 e. The number of hydrogen-bond acceptors (Lipinski definition) is 4. The highest BCUT2D eigenvalue weighted by Gasteiger charge is 2.61. The molecule has 4 rings (SSSR count). The fourth-order valence-corrected chi connectivity index (χ4v) is 11.7. The molecule has 4 fully saturated rings. The summed E-state index contributed by atoms with van der Waals surface area (Å²) in [5.74, 6) is 2.78. The SMILES string of the molecule is CCC(O)(CC)CCCO[C@H](C)C1CCC2/C(=C/C=C3C[C@@H](O[Si](C)(C)C(C)(C)C)C4(CC4)[C@H](O[Si](C)(C)C(C)(C)C)C3)CCC(C)C21. The largest absolute Gasteiger partial charge is 0.413 e. The first-order valence-corrected chi connectivity index (χ1v) is 26.0. The van der Waals surface area contributed by atoms with Crippen LogP contribution >= 0.6 is 0 Å². The zero-order chi connectivity index (χ0) is 35.9. The molecular weight excluding hydrogens is 625 g/mol. The zero-order valence-electron chi connectivity index (χ0n) is 34.1. The summed E-state index contributed by atoms with van der Waals surface area (Å²) in [4.78, 5) is 0. The van der Waals surface area contributed by atoms with Crippen LogP contribution in [0.4, 0.5) is 0 Å². The summed E-state index contributed by atoms with van der Waals surface area (Å²) >= 11 is 0. The Morgan fingerprint density at radius 3 is 1.88 bits per heavy atom. The van der Waals surface area contributed by atoms with Gasteiger partial charge in [0.25, 0.3) is 0 Å². The summed E-state index contributed by atoms with van der Waals surface area (Å²) in [6.07, 6.45) is 19.1. The second-order valence-corrected chi connectivity index (χ2v) is 29.5. The molecule has 1 N–H and O–H groups in total. The molecule has 48 heavy (non-hydrogen) atoms. The molecule has 1 spiro atoms. The Morgan fingerprint density at radius 1 is 0.854 bits per heavy atom. The van der Waals surface area contributed by atoms with Crippen molar-refractivity contribution < 1.29 is 18.7 Å². The highest BCUT2D eigenvalue weighted by atomic mass is 28.4. The lowest BCUT2D eigenvalue weighted by Crippen LogP contribution is -2.54. The standard InChI is InChI=1S/C42H78O4Si2/c1-15-41(43,16-2)24-17-27-44-31(4)34-22-23-35-33(20-18-30(3)38(34)35)21-19-32-28-36(45-47(11,12)39(5,6)7)42(25-26-42)37(29-32)46-48(13,14)40(8,9)10/h19,21,30-31,34-38,43H,15-18,20,22-29H2,1-14H3/b33-21+/t30?,31-,34?,35?,36-,37-,38?/m1/s1. The van der Waals surface area contributed by atoms with E-state index < -0.39 is 22.2 Å². The average molecular weight is 703 g/mol. The highest BCUT2D eigenvalue weighted by Crippen LogP contribution is 2.62. The van der Waals surface area contributed by atoms with Gasteiger partial charge in [-0.25, -0.2) is 0 Å². The molecule has 0 bridgehead atoms. The summed E-state index contributed by atoms with van der Waals surface area (Å²) in [6.45, 7) is 33.8. The third kappa shape index (κ3) is 8.85. The minimum Gasteiger partial charge on any atom is -0.413 e. The normalized spacial score (nSPS) is 31.3. The zero-order valence-corrected chi connectivity index (χ0v) is 36.1. The van der Waals surface area contributed by atoms with Crippen molar-refractivity contribution in [2.24, 2.45) is 29.1 Å². The summed E-state index contributed by atoms with van der Waals surface area (Å²) in [7, 11) is -3.86. The number of fused-ring (bicyclic) bond motifs is 1. The van der Waals surface area contributed by atoms with E-state index in [9.17, 15) is 5.11 Å². The van der Waals surface area contributed by atoms with Crippen molar-refractivity contribution in [3.63, 3.8) is 0 Å². The highest BCUT2D eigenvalue weighted by molar-refractivity contribution is 6.74. The molecule has 4 aliphatic rings. The Kier molecular flexibility index (Phi) is 12.7. The van der Waals surface area contributed by atoms with Crippen LogP contribution in [0.5, 0.6) is 0 Å². The van der Waals surface area contributed by atoms with Crippen molar-refractivity contribution in [3.05, 3.63) is 23.3 Å². The lowest BCUT2D eigenvalue weighted by atomic mass is 9.68. The van der Waals surface area contributed by atoms with Crippen LogP contribution < -0.4 is 0 Å². The van der Waals surface area contributed by atoms with E-state index in [1.165, 1.54) is 38.5 Å². The monoisotopic (exact) mass is 703 g/mol. The van der Waals surface area contributed by atoms with Crippen molar-refractivity contribution in [1.29, 1.82) is 0 Å². The third-order valence-corrected chi connectivity index (χ3v) is 23.9. The maximum atomic E-state index is 10.7. The van der Waals surface area contributed by atoms with Crippen molar-refractivity contribution in [3.8, 4) is 0 Å². The Morgan fingerprint density at radius 2 is 1.40 bits per heavy atom. The molecule has 0 heterocycles. The van der Waals surface area contributed by atoms with E-state index >= 15 is 0 Å². The molecule has 0 aromatic heterocycles. The molecule has 0 amide bonds. The predicted octanol–water partition coefficient (Wildman–Crippen LogP) is 12.0. The molecule has 6 heteroatoms. The molecule has 4 unspecified atom stereocenters. The number of allylic oxidation sites excluding steroid dienone is 3. The van der Waals surface area contributed by atoms with Crippen molar-refractivity contribution in [2.75, 3.05) is 6.61 Å². The smallest absolute Gasteiger partial charge is 0.192 e. The molecular formula is C42H78O4Si2. The van der Waals surface area contributed by atoms with E-state index in [0.717, 1.165) is 51.0 Å². The Balaban J connectivity index is 1.52. The predicted molar refractivity (Wildman–Crippen MR) is 209 cm³/mol. The number of hydrogen-bond donors (Lipinski definition) is 1. The molecule has 4 aliphatic carbocycles. The molecule has 7 atom stereocenters. The lowest BCUT2D eigenvalue weighted by Gasteiger charge is -2.49. The molecule has 278 valence electrons. The first-order valence-electron chi connectivity index (χ1n) is 20.2. The Bertz CT molecular complexity index is 1090. The molecule has 0 aromatic carbocycles. The van der Waals surface area contributed by atoms with E-state index in [4.69, 9.17) is 13.6 Å². The topological polar surface area (TPSA) is 47.9 Å². The van der Waals surface area contributed by atoms with E-state index in [-0.39, 0.29) is 33.8 Å². The van der Waals surface area contributed by atoms with Crippen molar-refractivity contribution in [2.45, 2.75) is 206 Å². The first kappa shape index (κ1) is 40.5. The van der Waals surface area contributed by atoms with Crippen LogP contribution in [0.3, 0.4) is 0 Å². The summed E-state index contributed by atoms with van der Waals surface area (Å²) < 4.78 is 21.2. The van der Waals surface area contributed by atoms with Crippen LogP contribution in [0.15, 0.2) is 23.3 Å². The van der Waals surface area contributed by atoms with Crippen LogP contribution in [-0.2, 0) is 13.6 Å². The number of aliphatic hydroxyl groups is 1. The first-order chi connectivity index (χ1) is 22.1. The summed E-state index contributed by atoms with van der Waals surface area (Å²) in [6, 6.07) is 0. The minimum absolute atomic E-state index is 0.196. The summed E-state index contributed by atoms with van der Waals surface area (Å²) in [5.41, 5.74) is 2.91. The van der Waals surface area contributed by atoms with Gasteiger partial charge in [0.15, 0.2) is 16.6 Å². The van der Waals surface area contributed by atoms with Gasteiger partial charge in [-0.05, 0) is 144 Å². The van der Waals surface area contributed by atoms with Gasteiger partial charge in [-0.2, -0.15) is 0 Å². The number of ether oxygens (including phenoxy) is 1. The Labute approximate surface area is 299 Å². The molecule has 0 aromatic rings. The fourth-order valence-electron chi connectivity index (χ4n) is 8.94. The molecule has 4 nitrogen and oxygen atoms in total. The second kappa shape index (κ2) is 15.0. The molecule has 4 saturated carbocycles. The lowest BCUT2D eigenvalue weighted by molar-refractivity contribution is -0.0218. The van der Waals surface area contributed by atoms with E-state index in [1.54, 1.807) is 11.1 Å². The third-order valence-electron chi connectivity index (χ3n) is 14.9. The van der Waals surface area contributed by atoms with Gasteiger partial charge in [-0.15, -0.1) is 0 Å². The van der Waals surface area contributed by atoms with Crippen LogP contribution in [0.25, 0.3) is 0 Å². The van der Waals surface area contributed by atoms with Gasteiger partial charge in [0.2, 0.25) is 0 Å². The maximum absolute atomic E-state index is 10.7. The van der Waals surface area contributed by atoms with Gasteiger partial charge in [-0.3, -0.25) is 0 Å². The minimum atomic E-state index is -1.93. The second-order valence-electron chi connectivity index (χ2n) is 20.0. The molecule has 0 aliphatic heterocycles. The van der Waals surface area contributed by atoms with Crippen molar-refractivity contribution in [1.82, 2.24) is 0 Å².